The Morgan fingerprint density at radius 1 is 1.41 bits per heavy atom. The summed E-state index contributed by atoms with van der Waals surface area (Å²) in [4.78, 5) is 14.5. The maximum absolute atomic E-state index is 12.1. The zero-order valence-corrected chi connectivity index (χ0v) is 13.0. The average molecular weight is 301 g/mol. The van der Waals surface area contributed by atoms with Crippen molar-refractivity contribution in [3.8, 4) is 0 Å². The second kappa shape index (κ2) is 6.92. The Morgan fingerprint density at radius 2 is 2.27 bits per heavy atom. The van der Waals surface area contributed by atoms with Crippen LogP contribution in [0.3, 0.4) is 0 Å². The Bertz CT molecular complexity index is 638. The van der Waals surface area contributed by atoms with Crippen molar-refractivity contribution in [2.75, 3.05) is 19.6 Å². The largest absolute Gasteiger partial charge is 0.356 e. The highest BCUT2D eigenvalue weighted by Crippen LogP contribution is 2.18. The number of carbonyl (C=O) groups is 1. The van der Waals surface area contributed by atoms with E-state index in [2.05, 4.69) is 22.3 Å². The molecule has 1 saturated heterocycles. The molecule has 2 heterocycles. The Hall–Kier alpha value is -1.88. The van der Waals surface area contributed by atoms with Gasteiger partial charge in [0.25, 0.3) is 0 Å². The van der Waals surface area contributed by atoms with Gasteiger partial charge < -0.3 is 9.84 Å². The van der Waals surface area contributed by atoms with Gasteiger partial charge in [0.05, 0.1) is 6.42 Å². The number of amides is 1. The van der Waals surface area contributed by atoms with Crippen LogP contribution in [0.1, 0.15) is 31.9 Å². The monoisotopic (exact) mass is 301 g/mol. The van der Waals surface area contributed by atoms with Crippen LogP contribution in [-0.2, 0) is 11.2 Å². The van der Waals surface area contributed by atoms with Crippen molar-refractivity contribution in [2.24, 2.45) is 0 Å². The number of carbonyl (C=O) groups excluding carboxylic acids is 1. The summed E-state index contributed by atoms with van der Waals surface area (Å²) in [5, 5.41) is 7.91. The molecule has 0 saturated carbocycles. The summed E-state index contributed by atoms with van der Waals surface area (Å²) in [7, 11) is 0. The van der Waals surface area contributed by atoms with Crippen LogP contribution < -0.4 is 5.32 Å². The fourth-order valence-electron chi connectivity index (χ4n) is 3.11. The number of nitrogens with one attached hydrogen (secondary N) is 1. The molecular formula is C17H23N3O2. The first kappa shape index (κ1) is 15.0. The predicted octanol–water partition coefficient (Wildman–Crippen LogP) is 2.36. The molecule has 0 unspecified atom stereocenters. The maximum Gasteiger partial charge on any atom is 0.226 e. The van der Waals surface area contributed by atoms with Gasteiger partial charge in [-0.3, -0.25) is 9.69 Å². The molecular weight excluding hydrogens is 278 g/mol. The van der Waals surface area contributed by atoms with Crippen LogP contribution in [0.5, 0.6) is 0 Å². The van der Waals surface area contributed by atoms with Crippen LogP contribution in [0, 0.1) is 0 Å². The van der Waals surface area contributed by atoms with Crippen molar-refractivity contribution in [1.82, 2.24) is 15.4 Å². The van der Waals surface area contributed by atoms with Gasteiger partial charge in [-0.15, -0.1) is 0 Å². The molecule has 1 fully saturated rings. The Kier molecular flexibility index (Phi) is 4.73. The van der Waals surface area contributed by atoms with E-state index >= 15 is 0 Å². The lowest BCUT2D eigenvalue weighted by Crippen LogP contribution is -2.42. The number of nitrogens with zero attached hydrogens (tertiary/aromatic N) is 2. The SMILES string of the molecule is C[C@H]1CCCCN1CCNC(=O)Cc1noc2ccccc12. The summed E-state index contributed by atoms with van der Waals surface area (Å²) in [6, 6.07) is 8.26. The lowest BCUT2D eigenvalue weighted by atomic mass is 10.0. The van der Waals surface area contributed by atoms with E-state index in [1.54, 1.807) is 0 Å². The lowest BCUT2D eigenvalue weighted by Gasteiger charge is -2.33. The first-order valence-electron chi connectivity index (χ1n) is 8.08. The highest BCUT2D eigenvalue weighted by Gasteiger charge is 2.18. The lowest BCUT2D eigenvalue weighted by molar-refractivity contribution is -0.120. The molecule has 0 aliphatic carbocycles. The minimum Gasteiger partial charge on any atom is -0.356 e. The van der Waals surface area contributed by atoms with Gasteiger partial charge in [0, 0.05) is 24.5 Å². The van der Waals surface area contributed by atoms with Gasteiger partial charge in [-0.2, -0.15) is 0 Å². The first-order chi connectivity index (χ1) is 10.7. The van der Waals surface area contributed by atoms with Gasteiger partial charge >= 0.3 is 0 Å². The average Bonchev–Trinajstić information content (AvgIpc) is 2.92. The topological polar surface area (TPSA) is 58.4 Å². The summed E-state index contributed by atoms with van der Waals surface area (Å²) in [6.07, 6.45) is 4.12. The smallest absolute Gasteiger partial charge is 0.226 e. The van der Waals surface area contributed by atoms with E-state index in [4.69, 9.17) is 4.52 Å². The van der Waals surface area contributed by atoms with Crippen molar-refractivity contribution in [2.45, 2.75) is 38.6 Å². The summed E-state index contributed by atoms with van der Waals surface area (Å²) in [6.45, 7) is 5.03. The van der Waals surface area contributed by atoms with Gasteiger partial charge in [-0.25, -0.2) is 0 Å². The molecule has 1 amide bonds. The molecule has 1 aliphatic rings. The Morgan fingerprint density at radius 3 is 3.14 bits per heavy atom. The second-order valence-corrected chi connectivity index (χ2v) is 6.03. The Labute approximate surface area is 130 Å². The number of hydrogen-bond acceptors (Lipinski definition) is 4. The minimum absolute atomic E-state index is 0.00344. The number of rotatable bonds is 5. The standard InChI is InChI=1S/C17H23N3O2/c1-13-6-4-5-10-20(13)11-9-18-17(21)12-15-14-7-2-3-8-16(14)22-19-15/h2-3,7-8,13H,4-6,9-12H2,1H3,(H,18,21)/t13-/m0/s1. The molecule has 5 heteroatoms. The summed E-state index contributed by atoms with van der Waals surface area (Å²) < 4.78 is 5.23. The van der Waals surface area contributed by atoms with Crippen molar-refractivity contribution in [3.05, 3.63) is 30.0 Å². The van der Waals surface area contributed by atoms with E-state index in [1.165, 1.54) is 19.3 Å². The van der Waals surface area contributed by atoms with Crippen LogP contribution >= 0.6 is 0 Å². The molecule has 0 radical (unpaired) electrons. The van der Waals surface area contributed by atoms with Crippen LogP contribution in [0.25, 0.3) is 11.0 Å². The molecule has 0 bridgehead atoms. The molecule has 0 spiro atoms. The van der Waals surface area contributed by atoms with Gasteiger partial charge in [0.2, 0.25) is 5.91 Å². The zero-order valence-electron chi connectivity index (χ0n) is 13.0. The van der Waals surface area contributed by atoms with E-state index in [9.17, 15) is 4.79 Å². The molecule has 1 atom stereocenters. The number of para-hydroxylation sites is 1. The molecule has 1 N–H and O–H groups in total. The number of aromatic nitrogens is 1. The first-order valence-corrected chi connectivity index (χ1v) is 8.08. The normalized spacial score (nSPS) is 19.4. The molecule has 5 nitrogen and oxygen atoms in total. The molecule has 3 rings (SSSR count). The Balaban J connectivity index is 1.48. The predicted molar refractivity (Wildman–Crippen MR) is 85.6 cm³/mol. The molecule has 1 aliphatic heterocycles. The van der Waals surface area contributed by atoms with Crippen molar-refractivity contribution in [1.29, 1.82) is 0 Å². The van der Waals surface area contributed by atoms with E-state index in [0.29, 0.717) is 18.3 Å². The highest BCUT2D eigenvalue weighted by molar-refractivity contribution is 5.86. The van der Waals surface area contributed by atoms with Crippen molar-refractivity contribution < 1.29 is 9.32 Å². The molecule has 2 aromatic rings. The molecule has 22 heavy (non-hydrogen) atoms. The third kappa shape index (κ3) is 3.47. The minimum atomic E-state index is 0.00344. The third-order valence-electron chi connectivity index (χ3n) is 4.44. The van der Waals surface area contributed by atoms with Gasteiger partial charge in [0.1, 0.15) is 5.69 Å². The fraction of sp³-hybridized carbons (Fsp3) is 0.529. The quantitative estimate of drug-likeness (QED) is 0.921. The number of likely N-dealkylation sites (tertiary alicyclic amines) is 1. The number of piperidine rings is 1. The third-order valence-corrected chi connectivity index (χ3v) is 4.44. The van der Waals surface area contributed by atoms with Crippen LogP contribution in [0.4, 0.5) is 0 Å². The van der Waals surface area contributed by atoms with E-state index in [1.807, 2.05) is 24.3 Å². The van der Waals surface area contributed by atoms with Gasteiger partial charge in [-0.1, -0.05) is 23.7 Å². The van der Waals surface area contributed by atoms with Gasteiger partial charge in [-0.05, 0) is 38.4 Å². The summed E-state index contributed by atoms with van der Waals surface area (Å²) in [5.74, 6) is 0.00344. The van der Waals surface area contributed by atoms with Crippen LogP contribution in [0.2, 0.25) is 0 Å². The van der Waals surface area contributed by atoms with Crippen molar-refractivity contribution >= 4 is 16.9 Å². The summed E-state index contributed by atoms with van der Waals surface area (Å²) >= 11 is 0. The number of benzene rings is 1. The second-order valence-electron chi connectivity index (χ2n) is 6.03. The van der Waals surface area contributed by atoms with Crippen LogP contribution in [-0.4, -0.2) is 41.6 Å². The van der Waals surface area contributed by atoms with E-state index in [-0.39, 0.29) is 12.3 Å². The van der Waals surface area contributed by atoms with Crippen LogP contribution in [0.15, 0.2) is 28.8 Å². The fourth-order valence-corrected chi connectivity index (χ4v) is 3.11. The van der Waals surface area contributed by atoms with E-state index in [0.717, 1.165) is 24.1 Å². The van der Waals surface area contributed by atoms with Gasteiger partial charge in [0.15, 0.2) is 5.58 Å². The molecule has 1 aromatic carbocycles. The molecule has 1 aromatic heterocycles. The molecule has 118 valence electrons. The number of fused-ring (bicyclic) bond motifs is 1. The highest BCUT2D eigenvalue weighted by atomic mass is 16.5. The number of hydrogen-bond donors (Lipinski definition) is 1. The maximum atomic E-state index is 12.1. The van der Waals surface area contributed by atoms with Crippen molar-refractivity contribution in [3.63, 3.8) is 0 Å². The summed E-state index contributed by atoms with van der Waals surface area (Å²) in [5.41, 5.74) is 1.44. The zero-order chi connectivity index (χ0) is 15.4. The van der Waals surface area contributed by atoms with E-state index < -0.39 is 0 Å².